The van der Waals surface area contributed by atoms with Gasteiger partial charge in [0.2, 0.25) is 11.8 Å². The highest BCUT2D eigenvalue weighted by Gasteiger charge is 2.40. The van der Waals surface area contributed by atoms with Gasteiger partial charge in [-0.05, 0) is 75.5 Å². The largest absolute Gasteiger partial charge is 0.369 e. The van der Waals surface area contributed by atoms with Crippen LogP contribution in [-0.4, -0.2) is 17.7 Å². The van der Waals surface area contributed by atoms with Crippen molar-refractivity contribution in [1.29, 1.82) is 0 Å². The zero-order chi connectivity index (χ0) is 33.9. The second-order valence-corrected chi connectivity index (χ2v) is 13.7. The van der Waals surface area contributed by atoms with Crippen LogP contribution in [0.1, 0.15) is 62.6 Å². The third-order valence-electron chi connectivity index (χ3n) is 10.5. The Morgan fingerprint density at radius 1 is 0.796 bits per heavy atom. The second-order valence-electron chi connectivity index (χ2n) is 13.7. The fourth-order valence-corrected chi connectivity index (χ4v) is 7.69. The van der Waals surface area contributed by atoms with Crippen LogP contribution in [0.5, 0.6) is 0 Å². The Hall–Kier alpha value is -5.23. The smallest absolute Gasteiger partial charge is 0.254 e. The van der Waals surface area contributed by atoms with Crippen molar-refractivity contribution in [2.24, 2.45) is 23.5 Å². The van der Waals surface area contributed by atoms with Gasteiger partial charge in [-0.3, -0.25) is 14.4 Å². The molecule has 6 heteroatoms. The quantitative estimate of drug-likeness (QED) is 0.150. The molecular weight excluding hydrogens is 606 g/mol. The summed E-state index contributed by atoms with van der Waals surface area (Å²) in [5, 5.41) is 5.54. The van der Waals surface area contributed by atoms with Crippen molar-refractivity contribution in [2.45, 2.75) is 58.0 Å². The SMILES string of the molecule is CCC[C@H](C(N)=O)[C@@H](CC1CCC1)C(=O)NC1C(=O)N(Cc2cccc(-c3ccc4ccccc4c3)c2)c2ccccc2-c2ccccc21. The van der Waals surface area contributed by atoms with Crippen molar-refractivity contribution < 1.29 is 14.4 Å². The first-order chi connectivity index (χ1) is 23.9. The molecule has 0 bridgehead atoms. The van der Waals surface area contributed by atoms with Crippen molar-refractivity contribution in [2.75, 3.05) is 4.90 Å². The number of anilines is 1. The van der Waals surface area contributed by atoms with E-state index in [4.69, 9.17) is 5.73 Å². The molecule has 248 valence electrons. The lowest BCUT2D eigenvalue weighted by atomic mass is 9.73. The molecule has 0 saturated heterocycles. The summed E-state index contributed by atoms with van der Waals surface area (Å²) in [6.07, 6.45) is 5.13. The standard InChI is InChI=1S/C43H43N3O3/c1-2-11-37(41(44)47)38(25-28-12-9-13-28)42(48)45-40-36-20-6-5-18-34(36)35-19-7-8-21-39(35)46(43(40)49)27-29-14-10-17-31(24-29)33-23-22-30-15-3-4-16-32(30)26-33/h3-8,10,14-24,26,28,37-38,40H,2,9,11-13,25,27H2,1H3,(H2,44,47)(H,45,48)/t37-,38+,40?/m0/s1. The van der Waals surface area contributed by atoms with E-state index in [2.05, 4.69) is 47.8 Å². The van der Waals surface area contributed by atoms with Gasteiger partial charge in [-0.2, -0.15) is 0 Å². The lowest BCUT2D eigenvalue weighted by Gasteiger charge is -2.33. The van der Waals surface area contributed by atoms with Gasteiger partial charge in [-0.25, -0.2) is 0 Å². The molecule has 49 heavy (non-hydrogen) atoms. The maximum atomic E-state index is 14.9. The van der Waals surface area contributed by atoms with E-state index in [1.54, 1.807) is 4.90 Å². The summed E-state index contributed by atoms with van der Waals surface area (Å²) in [5.41, 5.74) is 12.4. The van der Waals surface area contributed by atoms with Crippen molar-refractivity contribution in [3.05, 3.63) is 126 Å². The maximum Gasteiger partial charge on any atom is 0.254 e. The van der Waals surface area contributed by atoms with Gasteiger partial charge < -0.3 is 16.0 Å². The second kappa shape index (κ2) is 14.1. The van der Waals surface area contributed by atoms with Crippen LogP contribution in [0.4, 0.5) is 5.69 Å². The summed E-state index contributed by atoms with van der Waals surface area (Å²) in [5.74, 6) is -1.71. The molecule has 3 amide bonds. The molecule has 6 nitrogen and oxygen atoms in total. The first-order valence-electron chi connectivity index (χ1n) is 17.6. The van der Waals surface area contributed by atoms with Crippen LogP contribution in [0.25, 0.3) is 33.0 Å². The minimum atomic E-state index is -0.932. The minimum Gasteiger partial charge on any atom is -0.369 e. The monoisotopic (exact) mass is 649 g/mol. The number of nitrogens with one attached hydrogen (secondary N) is 1. The van der Waals surface area contributed by atoms with Crippen molar-refractivity contribution in [3.8, 4) is 22.3 Å². The number of fused-ring (bicyclic) bond motifs is 4. The normalized spacial score (nSPS) is 17.0. The number of amides is 3. The minimum absolute atomic E-state index is 0.213. The van der Waals surface area contributed by atoms with Gasteiger partial charge in [0, 0.05) is 17.4 Å². The third-order valence-corrected chi connectivity index (χ3v) is 10.5. The van der Waals surface area contributed by atoms with Gasteiger partial charge in [-0.1, -0.05) is 130 Å². The number of benzene rings is 5. The Labute approximate surface area is 288 Å². The zero-order valence-electron chi connectivity index (χ0n) is 28.0. The molecule has 3 atom stereocenters. The van der Waals surface area contributed by atoms with Crippen LogP contribution in [-0.2, 0) is 20.9 Å². The molecule has 1 heterocycles. The number of primary amides is 1. The molecule has 3 N–H and O–H groups in total. The first-order valence-corrected chi connectivity index (χ1v) is 17.6. The molecule has 0 aromatic heterocycles. The van der Waals surface area contributed by atoms with Crippen LogP contribution in [0.2, 0.25) is 0 Å². The molecule has 1 aliphatic heterocycles. The highest BCUT2D eigenvalue weighted by Crippen LogP contribution is 2.42. The average molecular weight is 650 g/mol. The number of rotatable bonds is 11. The van der Waals surface area contributed by atoms with Crippen molar-refractivity contribution in [1.82, 2.24) is 5.32 Å². The third kappa shape index (κ3) is 6.60. The van der Waals surface area contributed by atoms with Crippen LogP contribution in [0.15, 0.2) is 115 Å². The van der Waals surface area contributed by atoms with Gasteiger partial charge in [0.1, 0.15) is 6.04 Å². The fourth-order valence-electron chi connectivity index (χ4n) is 7.69. The van der Waals surface area contributed by atoms with Crippen LogP contribution < -0.4 is 16.0 Å². The number of carbonyl (C=O) groups is 3. The molecule has 5 aromatic rings. The topological polar surface area (TPSA) is 92.5 Å². The number of para-hydroxylation sites is 1. The summed E-state index contributed by atoms with van der Waals surface area (Å²) < 4.78 is 0. The van der Waals surface area contributed by atoms with Crippen LogP contribution in [0, 0.1) is 17.8 Å². The Balaban J connectivity index is 1.25. The summed E-state index contributed by atoms with van der Waals surface area (Å²) in [6.45, 7) is 2.33. The number of nitrogens with two attached hydrogens (primary N) is 1. The van der Waals surface area contributed by atoms with E-state index in [1.165, 1.54) is 10.8 Å². The molecular formula is C43H43N3O3. The van der Waals surface area contributed by atoms with E-state index >= 15 is 0 Å². The molecule has 1 fully saturated rings. The predicted molar refractivity (Wildman–Crippen MR) is 196 cm³/mol. The molecule has 7 rings (SSSR count). The average Bonchev–Trinajstić information content (AvgIpc) is 3.20. The maximum absolute atomic E-state index is 14.9. The van der Waals surface area contributed by atoms with Gasteiger partial charge in [-0.15, -0.1) is 0 Å². The summed E-state index contributed by atoms with van der Waals surface area (Å²) in [6, 6.07) is 37.9. The molecule has 1 aliphatic carbocycles. The fraction of sp³-hybridized carbons (Fsp3) is 0.279. The van der Waals surface area contributed by atoms with E-state index in [0.717, 1.165) is 64.8 Å². The van der Waals surface area contributed by atoms with E-state index in [1.807, 2.05) is 79.7 Å². The highest BCUT2D eigenvalue weighted by molar-refractivity contribution is 6.06. The summed E-state index contributed by atoms with van der Waals surface area (Å²) in [7, 11) is 0. The van der Waals surface area contributed by atoms with Crippen molar-refractivity contribution >= 4 is 34.2 Å². The lowest BCUT2D eigenvalue weighted by molar-refractivity contribution is -0.136. The lowest BCUT2D eigenvalue weighted by Crippen LogP contribution is -2.47. The Kier molecular flexibility index (Phi) is 9.30. The molecule has 5 aromatic carbocycles. The Morgan fingerprint density at radius 2 is 1.51 bits per heavy atom. The summed E-state index contributed by atoms with van der Waals surface area (Å²) >= 11 is 0. The van der Waals surface area contributed by atoms with Gasteiger partial charge in [0.05, 0.1) is 12.2 Å². The Bertz CT molecular complexity index is 2020. The van der Waals surface area contributed by atoms with Gasteiger partial charge in [0.15, 0.2) is 0 Å². The number of hydrogen-bond donors (Lipinski definition) is 2. The van der Waals surface area contributed by atoms with E-state index in [9.17, 15) is 14.4 Å². The highest BCUT2D eigenvalue weighted by atomic mass is 16.2. The van der Waals surface area contributed by atoms with Gasteiger partial charge >= 0.3 is 0 Å². The number of hydrogen-bond acceptors (Lipinski definition) is 3. The van der Waals surface area contributed by atoms with E-state index < -0.39 is 23.8 Å². The summed E-state index contributed by atoms with van der Waals surface area (Å²) in [4.78, 5) is 43.7. The zero-order valence-corrected chi connectivity index (χ0v) is 28.0. The van der Waals surface area contributed by atoms with Crippen LogP contribution >= 0.6 is 0 Å². The molecule has 1 unspecified atom stereocenters. The van der Waals surface area contributed by atoms with Crippen molar-refractivity contribution in [3.63, 3.8) is 0 Å². The first kappa shape index (κ1) is 32.3. The van der Waals surface area contributed by atoms with Gasteiger partial charge in [0.25, 0.3) is 5.91 Å². The molecule has 1 saturated carbocycles. The number of carbonyl (C=O) groups excluding carboxylic acids is 3. The molecule has 0 spiro atoms. The predicted octanol–water partition coefficient (Wildman–Crippen LogP) is 8.59. The molecule has 2 aliphatic rings. The van der Waals surface area contributed by atoms with Crippen LogP contribution in [0.3, 0.4) is 0 Å². The molecule has 0 radical (unpaired) electrons. The Morgan fingerprint density at radius 3 is 2.27 bits per heavy atom. The van der Waals surface area contributed by atoms with E-state index in [0.29, 0.717) is 25.3 Å². The number of nitrogens with zero attached hydrogens (tertiary/aromatic N) is 1. The van der Waals surface area contributed by atoms with E-state index in [-0.39, 0.29) is 11.8 Å².